The van der Waals surface area contributed by atoms with E-state index in [0.717, 1.165) is 6.07 Å². The van der Waals surface area contributed by atoms with Gasteiger partial charge in [0, 0.05) is 24.6 Å². The number of rotatable bonds is 5. The van der Waals surface area contributed by atoms with Crippen molar-refractivity contribution in [2.24, 2.45) is 0 Å². The van der Waals surface area contributed by atoms with E-state index in [1.54, 1.807) is 6.92 Å². The van der Waals surface area contributed by atoms with Crippen LogP contribution in [0, 0.1) is 12.7 Å². The number of benzene rings is 1. The van der Waals surface area contributed by atoms with E-state index in [1.165, 1.54) is 12.1 Å². The van der Waals surface area contributed by atoms with Crippen molar-refractivity contribution in [1.29, 1.82) is 0 Å². The molecule has 0 aliphatic carbocycles. The average Bonchev–Trinajstić information content (AvgIpc) is 3.00. The summed E-state index contributed by atoms with van der Waals surface area (Å²) in [5, 5.41) is 8.58. The third-order valence-corrected chi connectivity index (χ3v) is 3.26. The highest BCUT2D eigenvalue weighted by atomic mass is 19.1. The first-order chi connectivity index (χ1) is 11.4. The zero-order valence-electron chi connectivity index (χ0n) is 13.7. The van der Waals surface area contributed by atoms with Gasteiger partial charge in [0.1, 0.15) is 5.82 Å². The highest BCUT2D eigenvalue weighted by Crippen LogP contribution is 2.13. The maximum Gasteiger partial charge on any atom is 0.313 e. The van der Waals surface area contributed by atoms with Gasteiger partial charge in [0.25, 0.3) is 0 Å². The summed E-state index contributed by atoms with van der Waals surface area (Å²) in [7, 11) is 0. The third kappa shape index (κ3) is 4.61. The van der Waals surface area contributed by atoms with Crippen molar-refractivity contribution >= 4 is 17.5 Å². The molecule has 0 aliphatic rings. The lowest BCUT2D eigenvalue weighted by atomic mass is 10.2. The first-order valence-electron chi connectivity index (χ1n) is 7.54. The van der Waals surface area contributed by atoms with Crippen LogP contribution in [0.25, 0.3) is 0 Å². The Labute approximate surface area is 138 Å². The number of anilines is 1. The van der Waals surface area contributed by atoms with Gasteiger partial charge < -0.3 is 15.2 Å². The van der Waals surface area contributed by atoms with Crippen LogP contribution in [-0.2, 0) is 16.0 Å². The second kappa shape index (κ2) is 7.67. The average molecular weight is 334 g/mol. The van der Waals surface area contributed by atoms with Crippen molar-refractivity contribution < 1.29 is 18.5 Å². The second-order valence-electron chi connectivity index (χ2n) is 5.63. The minimum absolute atomic E-state index is 0.151. The van der Waals surface area contributed by atoms with E-state index >= 15 is 0 Å². The smallest absolute Gasteiger partial charge is 0.313 e. The molecule has 0 bridgehead atoms. The molecule has 8 heteroatoms. The molecule has 0 fully saturated rings. The van der Waals surface area contributed by atoms with Gasteiger partial charge in [-0.25, -0.2) is 4.39 Å². The van der Waals surface area contributed by atoms with E-state index in [2.05, 4.69) is 20.8 Å². The molecule has 0 unspecified atom stereocenters. The summed E-state index contributed by atoms with van der Waals surface area (Å²) in [6.07, 6.45) is 0.317. The van der Waals surface area contributed by atoms with Gasteiger partial charge in [-0.15, -0.1) is 0 Å². The van der Waals surface area contributed by atoms with Crippen molar-refractivity contribution in [2.45, 2.75) is 33.1 Å². The number of nitrogens with zero attached hydrogens (tertiary/aromatic N) is 2. The van der Waals surface area contributed by atoms with Crippen LogP contribution < -0.4 is 10.6 Å². The summed E-state index contributed by atoms with van der Waals surface area (Å²) in [6.45, 7) is 5.66. The summed E-state index contributed by atoms with van der Waals surface area (Å²) < 4.78 is 18.4. The molecule has 0 radical (unpaired) electrons. The number of hydrogen-bond acceptors (Lipinski definition) is 5. The second-order valence-corrected chi connectivity index (χ2v) is 5.63. The maximum atomic E-state index is 13.4. The van der Waals surface area contributed by atoms with Crippen LogP contribution >= 0.6 is 0 Å². The molecule has 2 aromatic rings. The number of amides is 2. The summed E-state index contributed by atoms with van der Waals surface area (Å²) in [5.41, 5.74) is 0.675. The molecule has 128 valence electrons. The molecule has 2 N–H and O–H groups in total. The van der Waals surface area contributed by atoms with Crippen molar-refractivity contribution in [3.63, 3.8) is 0 Å². The van der Waals surface area contributed by atoms with Gasteiger partial charge in [0.15, 0.2) is 5.82 Å². The maximum absolute atomic E-state index is 13.4. The molecular weight excluding hydrogens is 315 g/mol. The zero-order valence-corrected chi connectivity index (χ0v) is 13.7. The van der Waals surface area contributed by atoms with Crippen LogP contribution in [0.1, 0.15) is 37.0 Å². The lowest BCUT2D eigenvalue weighted by Crippen LogP contribution is -2.36. The molecule has 0 spiro atoms. The number of aromatic nitrogens is 2. The zero-order chi connectivity index (χ0) is 17.7. The SMILES string of the molecule is Cc1ccc(NC(=O)C(=O)NCCc2nc(C(C)C)no2)cc1F. The van der Waals surface area contributed by atoms with Crippen molar-refractivity contribution in [3.8, 4) is 0 Å². The van der Waals surface area contributed by atoms with E-state index in [4.69, 9.17) is 4.52 Å². The van der Waals surface area contributed by atoms with Crippen LogP contribution in [0.15, 0.2) is 22.7 Å². The molecule has 2 amide bonds. The fourth-order valence-corrected chi connectivity index (χ4v) is 1.83. The van der Waals surface area contributed by atoms with Crippen molar-refractivity contribution in [3.05, 3.63) is 41.3 Å². The Morgan fingerprint density at radius 1 is 1.29 bits per heavy atom. The predicted octanol–water partition coefficient (Wildman–Crippen LogP) is 1.94. The largest absolute Gasteiger partial charge is 0.347 e. The Morgan fingerprint density at radius 3 is 2.67 bits per heavy atom. The Morgan fingerprint density at radius 2 is 2.04 bits per heavy atom. The Kier molecular flexibility index (Phi) is 5.62. The number of carbonyl (C=O) groups excluding carboxylic acids is 2. The summed E-state index contributed by atoms with van der Waals surface area (Å²) >= 11 is 0. The lowest BCUT2D eigenvalue weighted by molar-refractivity contribution is -0.136. The van der Waals surface area contributed by atoms with Gasteiger partial charge in [0.05, 0.1) is 0 Å². The van der Waals surface area contributed by atoms with Crippen molar-refractivity contribution in [2.75, 3.05) is 11.9 Å². The summed E-state index contributed by atoms with van der Waals surface area (Å²) in [4.78, 5) is 27.6. The molecular formula is C16H19FN4O3. The first-order valence-corrected chi connectivity index (χ1v) is 7.54. The van der Waals surface area contributed by atoms with Gasteiger partial charge >= 0.3 is 11.8 Å². The molecule has 2 rings (SSSR count). The highest BCUT2D eigenvalue weighted by molar-refractivity contribution is 6.39. The predicted molar refractivity (Wildman–Crippen MR) is 84.9 cm³/mol. The molecule has 0 saturated carbocycles. The van der Waals surface area contributed by atoms with Crippen LogP contribution in [0.3, 0.4) is 0 Å². The Balaban J connectivity index is 1.80. The van der Waals surface area contributed by atoms with Gasteiger partial charge in [-0.05, 0) is 24.6 Å². The monoisotopic (exact) mass is 334 g/mol. The highest BCUT2D eigenvalue weighted by Gasteiger charge is 2.15. The van der Waals surface area contributed by atoms with E-state index < -0.39 is 17.6 Å². The molecule has 1 heterocycles. The minimum Gasteiger partial charge on any atom is -0.347 e. The summed E-state index contributed by atoms with van der Waals surface area (Å²) in [6, 6.07) is 4.20. The Hall–Kier alpha value is -2.77. The number of nitrogens with one attached hydrogen (secondary N) is 2. The minimum atomic E-state index is -0.869. The molecule has 24 heavy (non-hydrogen) atoms. The first kappa shape index (κ1) is 17.6. The topological polar surface area (TPSA) is 97.1 Å². The normalized spacial score (nSPS) is 10.7. The van der Waals surface area contributed by atoms with Crippen LogP contribution in [0.4, 0.5) is 10.1 Å². The fourth-order valence-electron chi connectivity index (χ4n) is 1.83. The van der Waals surface area contributed by atoms with Gasteiger partial charge in [0.2, 0.25) is 5.89 Å². The summed E-state index contributed by atoms with van der Waals surface area (Å²) in [5.74, 6) is -1.01. The van der Waals surface area contributed by atoms with E-state index in [1.807, 2.05) is 13.8 Å². The number of carbonyl (C=O) groups is 2. The number of halogens is 1. The van der Waals surface area contributed by atoms with Gasteiger partial charge in [-0.2, -0.15) is 4.98 Å². The molecule has 7 nitrogen and oxygen atoms in total. The molecule has 1 aromatic carbocycles. The van der Waals surface area contributed by atoms with Crippen LogP contribution in [-0.4, -0.2) is 28.5 Å². The van der Waals surface area contributed by atoms with Gasteiger partial charge in [-0.3, -0.25) is 9.59 Å². The lowest BCUT2D eigenvalue weighted by Gasteiger charge is -2.06. The van der Waals surface area contributed by atoms with Crippen LogP contribution in [0.2, 0.25) is 0 Å². The molecule has 0 saturated heterocycles. The third-order valence-electron chi connectivity index (χ3n) is 3.26. The Bertz CT molecular complexity index is 743. The molecule has 0 aliphatic heterocycles. The molecule has 1 aromatic heterocycles. The van der Waals surface area contributed by atoms with Gasteiger partial charge in [-0.1, -0.05) is 25.1 Å². The quantitative estimate of drug-likeness (QED) is 0.815. The number of aryl methyl sites for hydroxylation is 1. The standard InChI is InChI=1S/C16H19FN4O3/c1-9(2)14-20-13(24-21-14)6-7-18-15(22)16(23)19-11-5-4-10(3)12(17)8-11/h4-5,8-9H,6-7H2,1-3H3,(H,18,22)(H,19,23). The van der Waals surface area contributed by atoms with E-state index in [-0.39, 0.29) is 18.2 Å². The number of hydrogen-bond donors (Lipinski definition) is 2. The van der Waals surface area contributed by atoms with Crippen LogP contribution in [0.5, 0.6) is 0 Å². The van der Waals surface area contributed by atoms with Crippen molar-refractivity contribution in [1.82, 2.24) is 15.5 Å². The fraction of sp³-hybridized carbons (Fsp3) is 0.375. The van der Waals surface area contributed by atoms with E-state index in [0.29, 0.717) is 23.7 Å². The molecule has 0 atom stereocenters. The van der Waals surface area contributed by atoms with E-state index in [9.17, 15) is 14.0 Å².